The summed E-state index contributed by atoms with van der Waals surface area (Å²) >= 11 is 0. The van der Waals surface area contributed by atoms with E-state index in [1.807, 2.05) is 44.1 Å². The monoisotopic (exact) mass is 193 g/mol. The molecule has 1 N–H and O–H groups in total. The van der Waals surface area contributed by atoms with Gasteiger partial charge in [0.25, 0.3) is 0 Å². The van der Waals surface area contributed by atoms with Crippen LogP contribution < -0.4 is 9.64 Å². The highest BCUT2D eigenvalue weighted by molar-refractivity contribution is 5.54. The van der Waals surface area contributed by atoms with Gasteiger partial charge in [0.2, 0.25) is 0 Å². The number of nitrogens with zero attached hydrogens (tertiary/aromatic N) is 1. The van der Waals surface area contributed by atoms with Gasteiger partial charge < -0.3 is 14.7 Å². The molecule has 0 unspecified atom stereocenters. The summed E-state index contributed by atoms with van der Waals surface area (Å²) in [4.78, 5) is 2.01. The molecule has 0 saturated carbocycles. The molecule has 1 aromatic carbocycles. The first-order chi connectivity index (χ1) is 6.59. The molecule has 76 valence electrons. The Labute approximate surface area is 83.9 Å². The first-order valence-corrected chi connectivity index (χ1v) is 4.75. The molecule has 1 aliphatic rings. The Balaban J connectivity index is 2.41. The molecule has 1 aromatic rings. The van der Waals surface area contributed by atoms with Crippen molar-refractivity contribution in [2.75, 3.05) is 19.0 Å². The average molecular weight is 193 g/mol. The number of aliphatic hydroxyl groups excluding tert-OH is 1. The van der Waals surface area contributed by atoms with Crippen molar-refractivity contribution in [3.63, 3.8) is 0 Å². The van der Waals surface area contributed by atoms with Crippen molar-refractivity contribution in [2.45, 2.75) is 19.1 Å². The maximum atomic E-state index is 9.81. The third-order valence-corrected chi connectivity index (χ3v) is 2.59. The first-order valence-electron chi connectivity index (χ1n) is 4.75. The molecule has 3 heteroatoms. The summed E-state index contributed by atoms with van der Waals surface area (Å²) in [5.41, 5.74) is 1.98. The van der Waals surface area contributed by atoms with Gasteiger partial charge in [-0.05, 0) is 25.1 Å². The zero-order valence-corrected chi connectivity index (χ0v) is 8.69. The maximum absolute atomic E-state index is 9.81. The number of aliphatic hydroxyl groups is 1. The summed E-state index contributed by atoms with van der Waals surface area (Å²) in [5.74, 6) is 0.801. The van der Waals surface area contributed by atoms with Crippen molar-refractivity contribution < 1.29 is 9.84 Å². The van der Waals surface area contributed by atoms with Gasteiger partial charge in [-0.25, -0.2) is 0 Å². The minimum Gasteiger partial charge on any atom is -0.487 e. The summed E-state index contributed by atoms with van der Waals surface area (Å²) in [6.45, 7) is 1.88. The van der Waals surface area contributed by atoms with Crippen LogP contribution in [0, 0.1) is 0 Å². The Bertz CT molecular complexity index is 349. The van der Waals surface area contributed by atoms with Crippen LogP contribution in [0.4, 0.5) is 5.69 Å². The van der Waals surface area contributed by atoms with E-state index in [4.69, 9.17) is 4.74 Å². The summed E-state index contributed by atoms with van der Waals surface area (Å²) < 4.78 is 5.49. The Morgan fingerprint density at radius 1 is 1.36 bits per heavy atom. The Morgan fingerprint density at radius 2 is 2.07 bits per heavy atom. The van der Waals surface area contributed by atoms with Crippen LogP contribution in [-0.2, 0) is 0 Å². The quantitative estimate of drug-likeness (QED) is 0.734. The molecular formula is C11H15NO2. The highest BCUT2D eigenvalue weighted by Crippen LogP contribution is 2.38. The topological polar surface area (TPSA) is 32.7 Å². The highest BCUT2D eigenvalue weighted by atomic mass is 16.5. The smallest absolute Gasteiger partial charge is 0.126 e. The van der Waals surface area contributed by atoms with Gasteiger partial charge in [-0.2, -0.15) is 0 Å². The summed E-state index contributed by atoms with van der Waals surface area (Å²) in [7, 11) is 3.96. The summed E-state index contributed by atoms with van der Waals surface area (Å²) in [5, 5.41) is 9.81. The number of ether oxygens (including phenoxy) is 1. The maximum Gasteiger partial charge on any atom is 0.126 e. The van der Waals surface area contributed by atoms with Crippen molar-refractivity contribution in [1.82, 2.24) is 0 Å². The first kappa shape index (κ1) is 9.34. The van der Waals surface area contributed by atoms with E-state index in [-0.39, 0.29) is 6.10 Å². The van der Waals surface area contributed by atoms with Crippen LogP contribution in [0.25, 0.3) is 0 Å². The molecule has 1 aliphatic heterocycles. The van der Waals surface area contributed by atoms with Crippen molar-refractivity contribution in [3.8, 4) is 5.75 Å². The molecule has 0 aliphatic carbocycles. The van der Waals surface area contributed by atoms with E-state index in [2.05, 4.69) is 0 Å². The summed E-state index contributed by atoms with van der Waals surface area (Å²) in [6.07, 6.45) is -0.632. The van der Waals surface area contributed by atoms with Gasteiger partial charge in [0.15, 0.2) is 0 Å². The van der Waals surface area contributed by atoms with Crippen molar-refractivity contribution in [3.05, 3.63) is 23.8 Å². The van der Waals surface area contributed by atoms with Crippen molar-refractivity contribution in [2.24, 2.45) is 0 Å². The van der Waals surface area contributed by atoms with E-state index >= 15 is 0 Å². The number of hydrogen-bond acceptors (Lipinski definition) is 3. The van der Waals surface area contributed by atoms with Gasteiger partial charge in [-0.3, -0.25) is 0 Å². The van der Waals surface area contributed by atoms with Crippen LogP contribution in [0.15, 0.2) is 18.2 Å². The molecule has 2 atom stereocenters. The molecule has 0 spiro atoms. The fourth-order valence-corrected chi connectivity index (χ4v) is 1.67. The van der Waals surface area contributed by atoms with Crippen LogP contribution in [0.2, 0.25) is 0 Å². The average Bonchev–Trinajstić information content (AvgIpc) is 2.43. The SMILES string of the molecule is C[C@H]1Oc2ccc(N(C)C)cc2[C@@H]1O. The van der Waals surface area contributed by atoms with Gasteiger partial charge in [0.1, 0.15) is 18.0 Å². The van der Waals surface area contributed by atoms with Gasteiger partial charge >= 0.3 is 0 Å². The lowest BCUT2D eigenvalue weighted by Gasteiger charge is -2.13. The number of fused-ring (bicyclic) bond motifs is 1. The molecule has 1 heterocycles. The van der Waals surface area contributed by atoms with E-state index in [0.29, 0.717) is 0 Å². The van der Waals surface area contributed by atoms with E-state index in [1.54, 1.807) is 0 Å². The summed E-state index contributed by atoms with van der Waals surface area (Å²) in [6, 6.07) is 5.88. The zero-order chi connectivity index (χ0) is 10.3. The lowest BCUT2D eigenvalue weighted by atomic mass is 10.1. The lowest BCUT2D eigenvalue weighted by Crippen LogP contribution is -2.13. The van der Waals surface area contributed by atoms with Crippen LogP contribution >= 0.6 is 0 Å². The number of anilines is 1. The molecule has 0 radical (unpaired) electrons. The van der Waals surface area contributed by atoms with E-state index < -0.39 is 6.10 Å². The van der Waals surface area contributed by atoms with Gasteiger partial charge in [-0.1, -0.05) is 0 Å². The standard InChI is InChI=1S/C11H15NO2/c1-7-11(13)9-6-8(12(2)3)4-5-10(9)14-7/h4-7,11,13H,1-3H3/t7-,11-/m1/s1. The molecule has 2 rings (SSSR count). The van der Waals surface area contributed by atoms with Crippen LogP contribution in [0.3, 0.4) is 0 Å². The predicted octanol–water partition coefficient (Wildman–Crippen LogP) is 1.57. The molecule has 0 saturated heterocycles. The Morgan fingerprint density at radius 3 is 2.71 bits per heavy atom. The molecule has 0 bridgehead atoms. The second-order valence-corrected chi connectivity index (χ2v) is 3.88. The fraction of sp³-hybridized carbons (Fsp3) is 0.455. The third-order valence-electron chi connectivity index (χ3n) is 2.59. The van der Waals surface area contributed by atoms with Gasteiger partial charge in [0.05, 0.1) is 0 Å². The normalized spacial score (nSPS) is 24.3. The molecule has 14 heavy (non-hydrogen) atoms. The van der Waals surface area contributed by atoms with Gasteiger partial charge in [-0.15, -0.1) is 0 Å². The molecule has 3 nitrogen and oxygen atoms in total. The Hall–Kier alpha value is -1.22. The molecule has 0 amide bonds. The third kappa shape index (κ3) is 1.34. The van der Waals surface area contributed by atoms with Crippen LogP contribution in [0.5, 0.6) is 5.75 Å². The van der Waals surface area contributed by atoms with Crippen molar-refractivity contribution in [1.29, 1.82) is 0 Å². The second kappa shape index (κ2) is 3.17. The van der Waals surface area contributed by atoms with E-state index in [1.165, 1.54) is 0 Å². The predicted molar refractivity (Wildman–Crippen MR) is 55.8 cm³/mol. The van der Waals surface area contributed by atoms with Crippen LogP contribution in [0.1, 0.15) is 18.6 Å². The fourth-order valence-electron chi connectivity index (χ4n) is 1.67. The van der Waals surface area contributed by atoms with E-state index in [9.17, 15) is 5.11 Å². The minimum atomic E-state index is -0.495. The van der Waals surface area contributed by atoms with Gasteiger partial charge in [0, 0.05) is 25.3 Å². The Kier molecular flexibility index (Phi) is 2.11. The largest absolute Gasteiger partial charge is 0.487 e. The molecule has 0 fully saturated rings. The van der Waals surface area contributed by atoms with E-state index in [0.717, 1.165) is 17.0 Å². The molecule has 0 aromatic heterocycles. The lowest BCUT2D eigenvalue weighted by molar-refractivity contribution is 0.0796. The molecular weight excluding hydrogens is 178 g/mol. The second-order valence-electron chi connectivity index (χ2n) is 3.88. The van der Waals surface area contributed by atoms with Crippen LogP contribution in [-0.4, -0.2) is 25.3 Å². The zero-order valence-electron chi connectivity index (χ0n) is 8.69. The highest BCUT2D eigenvalue weighted by Gasteiger charge is 2.29. The number of benzene rings is 1. The number of rotatable bonds is 1. The number of hydrogen-bond donors (Lipinski definition) is 1. The van der Waals surface area contributed by atoms with Crippen molar-refractivity contribution >= 4 is 5.69 Å². The minimum absolute atomic E-state index is 0.137.